The molecule has 1 unspecified atom stereocenters. The van der Waals surface area contributed by atoms with E-state index < -0.39 is 0 Å². The molecule has 6 heteroatoms. The van der Waals surface area contributed by atoms with Gasteiger partial charge in [-0.05, 0) is 49.3 Å². The molecule has 0 bridgehead atoms. The van der Waals surface area contributed by atoms with E-state index in [1.54, 1.807) is 0 Å². The molecule has 2 aliphatic rings. The number of hydrogen-bond donors (Lipinski definition) is 1. The lowest BCUT2D eigenvalue weighted by Gasteiger charge is -2.16. The van der Waals surface area contributed by atoms with Crippen LogP contribution in [0.25, 0.3) is 0 Å². The summed E-state index contributed by atoms with van der Waals surface area (Å²) in [6.07, 6.45) is 5.39. The van der Waals surface area contributed by atoms with Crippen molar-refractivity contribution in [3.63, 3.8) is 0 Å². The van der Waals surface area contributed by atoms with Gasteiger partial charge in [-0.2, -0.15) is 0 Å². The van der Waals surface area contributed by atoms with Gasteiger partial charge in [-0.15, -0.1) is 11.3 Å². The van der Waals surface area contributed by atoms with Gasteiger partial charge in [0, 0.05) is 30.6 Å². The first-order valence-corrected chi connectivity index (χ1v) is 10.8. The minimum atomic E-state index is -0.383. The molecular weight excluding hydrogens is 372 g/mol. The second kappa shape index (κ2) is 8.88. The summed E-state index contributed by atoms with van der Waals surface area (Å²) in [5.41, 5.74) is 2.55. The summed E-state index contributed by atoms with van der Waals surface area (Å²) >= 11 is 1.52. The normalized spacial score (nSPS) is 19.2. The van der Waals surface area contributed by atoms with E-state index in [2.05, 4.69) is 22.3 Å². The number of nitrogens with one attached hydrogen (secondary N) is 1. The Labute approximate surface area is 169 Å². The quantitative estimate of drug-likeness (QED) is 0.760. The smallest absolute Gasteiger partial charge is 0.348 e. The van der Waals surface area contributed by atoms with E-state index in [1.165, 1.54) is 40.2 Å². The van der Waals surface area contributed by atoms with Crippen molar-refractivity contribution < 1.29 is 14.3 Å². The summed E-state index contributed by atoms with van der Waals surface area (Å²) in [4.78, 5) is 28.7. The minimum absolute atomic E-state index is 0.115. The van der Waals surface area contributed by atoms with Crippen LogP contribution >= 0.6 is 11.3 Å². The first kappa shape index (κ1) is 19.2. The van der Waals surface area contributed by atoms with Crippen LogP contribution in [0.4, 0.5) is 0 Å². The summed E-state index contributed by atoms with van der Waals surface area (Å²) in [6.45, 7) is 2.47. The lowest BCUT2D eigenvalue weighted by Crippen LogP contribution is -2.39. The highest BCUT2D eigenvalue weighted by Crippen LogP contribution is 2.30. The molecule has 1 saturated heterocycles. The van der Waals surface area contributed by atoms with Gasteiger partial charge in [0.15, 0.2) is 6.61 Å². The topological polar surface area (TPSA) is 58.6 Å². The largest absolute Gasteiger partial charge is 0.451 e. The van der Waals surface area contributed by atoms with Gasteiger partial charge in [0.05, 0.1) is 0 Å². The van der Waals surface area contributed by atoms with Gasteiger partial charge in [0.2, 0.25) is 0 Å². The van der Waals surface area contributed by atoms with E-state index in [9.17, 15) is 9.59 Å². The summed E-state index contributed by atoms with van der Waals surface area (Å²) in [6, 6.07) is 12.4. The fourth-order valence-electron chi connectivity index (χ4n) is 4.00. The molecule has 0 saturated carbocycles. The number of hydrogen-bond acceptors (Lipinski definition) is 5. The Balaban J connectivity index is 1.20. The third kappa shape index (κ3) is 4.80. The van der Waals surface area contributed by atoms with Crippen LogP contribution in [0.15, 0.2) is 36.4 Å². The maximum absolute atomic E-state index is 12.3. The predicted molar refractivity (Wildman–Crippen MR) is 110 cm³/mol. The maximum atomic E-state index is 12.3. The van der Waals surface area contributed by atoms with Gasteiger partial charge in [-0.25, -0.2) is 4.79 Å². The lowest BCUT2D eigenvalue weighted by atomic mass is 9.99. The first-order valence-electron chi connectivity index (χ1n) is 10.0. The van der Waals surface area contributed by atoms with Crippen molar-refractivity contribution in [2.75, 3.05) is 19.7 Å². The van der Waals surface area contributed by atoms with E-state index in [4.69, 9.17) is 4.74 Å². The zero-order chi connectivity index (χ0) is 19.3. The van der Waals surface area contributed by atoms with E-state index in [0.717, 1.165) is 38.9 Å². The molecule has 1 N–H and O–H groups in total. The number of benzene rings is 1. The number of likely N-dealkylation sites (tertiary alicyclic amines) is 1. The highest BCUT2D eigenvalue weighted by atomic mass is 32.1. The fraction of sp³-hybridized carbons (Fsp3) is 0.455. The molecule has 2 heterocycles. The van der Waals surface area contributed by atoms with Crippen molar-refractivity contribution in [1.29, 1.82) is 0 Å². The van der Waals surface area contributed by atoms with Crippen molar-refractivity contribution >= 4 is 23.2 Å². The number of thiophene rings is 1. The van der Waals surface area contributed by atoms with Crippen LogP contribution in [-0.4, -0.2) is 42.5 Å². The number of nitrogens with zero attached hydrogens (tertiary/aromatic N) is 1. The van der Waals surface area contributed by atoms with Gasteiger partial charge in [0.25, 0.3) is 5.91 Å². The van der Waals surface area contributed by atoms with Crippen LogP contribution in [-0.2, 0) is 28.9 Å². The number of fused-ring (bicyclic) bond motifs is 1. The van der Waals surface area contributed by atoms with Gasteiger partial charge in [0.1, 0.15) is 4.88 Å². The minimum Gasteiger partial charge on any atom is -0.451 e. The standard InChI is InChI=1S/C22H26N2O3S/c25-21(15-27-22(26)20-12-17-8-4-5-9-19(17)28-20)23-18-10-11-24(14-18)13-16-6-2-1-3-7-16/h1-3,6-7,12,18H,4-5,8-11,13-15H2,(H,23,25). The number of carbonyl (C=O) groups excluding carboxylic acids is 2. The molecule has 2 aromatic rings. The molecule has 148 valence electrons. The van der Waals surface area contributed by atoms with Crippen molar-refractivity contribution in [1.82, 2.24) is 10.2 Å². The zero-order valence-electron chi connectivity index (χ0n) is 16.0. The zero-order valence-corrected chi connectivity index (χ0v) is 16.8. The maximum Gasteiger partial charge on any atom is 0.348 e. The van der Waals surface area contributed by atoms with Crippen molar-refractivity contribution in [3.8, 4) is 0 Å². The number of amides is 1. The Morgan fingerprint density at radius 3 is 2.82 bits per heavy atom. The number of carbonyl (C=O) groups is 2. The molecule has 5 nitrogen and oxygen atoms in total. The molecule has 1 amide bonds. The Morgan fingerprint density at radius 1 is 1.18 bits per heavy atom. The van der Waals surface area contributed by atoms with Crippen LogP contribution in [0, 0.1) is 0 Å². The summed E-state index contributed by atoms with van der Waals surface area (Å²) in [7, 11) is 0. The molecule has 1 atom stereocenters. The van der Waals surface area contributed by atoms with Crippen molar-refractivity contribution in [2.24, 2.45) is 0 Å². The van der Waals surface area contributed by atoms with Crippen LogP contribution in [0.3, 0.4) is 0 Å². The second-order valence-electron chi connectivity index (χ2n) is 7.62. The number of esters is 1. The molecule has 1 aromatic carbocycles. The number of aryl methyl sites for hydroxylation is 2. The molecule has 1 aliphatic carbocycles. The molecule has 0 spiro atoms. The van der Waals surface area contributed by atoms with E-state index in [0.29, 0.717) is 4.88 Å². The first-order chi connectivity index (χ1) is 13.7. The Bertz CT molecular complexity index is 810. The van der Waals surface area contributed by atoms with E-state index in [1.807, 2.05) is 24.3 Å². The van der Waals surface area contributed by atoms with E-state index in [-0.39, 0.29) is 24.5 Å². The number of ether oxygens (including phenoxy) is 1. The molecule has 0 radical (unpaired) electrons. The highest BCUT2D eigenvalue weighted by Gasteiger charge is 2.24. The summed E-state index contributed by atoms with van der Waals surface area (Å²) < 4.78 is 5.25. The summed E-state index contributed by atoms with van der Waals surface area (Å²) in [5, 5.41) is 3.00. The molecule has 28 heavy (non-hydrogen) atoms. The summed E-state index contributed by atoms with van der Waals surface area (Å²) in [5.74, 6) is -0.604. The van der Waals surface area contributed by atoms with Gasteiger partial charge >= 0.3 is 5.97 Å². The highest BCUT2D eigenvalue weighted by molar-refractivity contribution is 7.14. The Hall–Kier alpha value is -2.18. The molecule has 4 rings (SSSR count). The van der Waals surface area contributed by atoms with Crippen LogP contribution in [0.5, 0.6) is 0 Å². The predicted octanol–water partition coefficient (Wildman–Crippen LogP) is 3.17. The van der Waals surface area contributed by atoms with Gasteiger partial charge in [-0.3, -0.25) is 9.69 Å². The number of rotatable bonds is 6. The monoisotopic (exact) mass is 398 g/mol. The van der Waals surface area contributed by atoms with Crippen molar-refractivity contribution in [3.05, 3.63) is 57.3 Å². The molecular formula is C22H26N2O3S. The molecule has 1 aliphatic heterocycles. The van der Waals surface area contributed by atoms with Crippen LogP contribution < -0.4 is 5.32 Å². The molecule has 1 aromatic heterocycles. The van der Waals surface area contributed by atoms with Gasteiger partial charge < -0.3 is 10.1 Å². The Morgan fingerprint density at radius 2 is 2.00 bits per heavy atom. The third-order valence-corrected chi connectivity index (χ3v) is 6.64. The second-order valence-corrected chi connectivity index (χ2v) is 8.75. The van der Waals surface area contributed by atoms with Crippen LogP contribution in [0.1, 0.15) is 44.9 Å². The average molecular weight is 399 g/mol. The lowest BCUT2D eigenvalue weighted by molar-refractivity contribution is -0.124. The van der Waals surface area contributed by atoms with E-state index >= 15 is 0 Å². The average Bonchev–Trinajstić information content (AvgIpc) is 3.33. The molecule has 1 fully saturated rings. The SMILES string of the molecule is O=C(COC(=O)c1cc2c(s1)CCCC2)NC1CCN(Cc2ccccc2)C1. The fourth-order valence-corrected chi connectivity index (χ4v) is 5.15. The Kier molecular flexibility index (Phi) is 6.07. The van der Waals surface area contributed by atoms with Crippen molar-refractivity contribution in [2.45, 2.75) is 44.7 Å². The third-order valence-electron chi connectivity index (χ3n) is 5.42. The van der Waals surface area contributed by atoms with Crippen LogP contribution in [0.2, 0.25) is 0 Å². The van der Waals surface area contributed by atoms with Gasteiger partial charge in [-0.1, -0.05) is 30.3 Å².